The van der Waals surface area contributed by atoms with Gasteiger partial charge >= 0.3 is 0 Å². The van der Waals surface area contributed by atoms with Gasteiger partial charge in [0.15, 0.2) is 0 Å². The Morgan fingerprint density at radius 3 is 2.67 bits per heavy atom. The van der Waals surface area contributed by atoms with E-state index in [4.69, 9.17) is 9.40 Å². The van der Waals surface area contributed by atoms with Crippen LogP contribution in [-0.2, 0) is 23.0 Å². The van der Waals surface area contributed by atoms with Crippen LogP contribution < -0.4 is 15.6 Å². The van der Waals surface area contributed by atoms with Gasteiger partial charge in [-0.1, -0.05) is 12.1 Å². The van der Waals surface area contributed by atoms with Crippen LogP contribution in [0, 0.1) is 12.7 Å². The van der Waals surface area contributed by atoms with Crippen molar-refractivity contribution in [2.75, 3.05) is 17.5 Å². The number of carbonyl (C=O) groups is 1. The fourth-order valence-electron chi connectivity index (χ4n) is 5.91. The lowest BCUT2D eigenvalue weighted by Crippen LogP contribution is -2.23. The minimum absolute atomic E-state index is 0.000688. The second-order valence-corrected chi connectivity index (χ2v) is 13.0. The van der Waals surface area contributed by atoms with Crippen molar-refractivity contribution >= 4 is 43.5 Å². The number of hydrogen-bond donors (Lipinski definition) is 2. The van der Waals surface area contributed by atoms with Gasteiger partial charge in [0.2, 0.25) is 15.9 Å². The highest BCUT2D eigenvalue weighted by Gasteiger charge is 2.27. The Morgan fingerprint density at radius 2 is 1.91 bits per heavy atom. The summed E-state index contributed by atoms with van der Waals surface area (Å²) in [6.07, 6.45) is 2.21. The summed E-state index contributed by atoms with van der Waals surface area (Å²) in [7, 11) is -2.27. The molecule has 2 N–H and O–H groups in total. The summed E-state index contributed by atoms with van der Waals surface area (Å²) in [4.78, 5) is 31.2. The molecule has 12 heteroatoms. The van der Waals surface area contributed by atoms with Crippen molar-refractivity contribution in [2.24, 2.45) is 0 Å². The lowest BCUT2D eigenvalue weighted by Gasteiger charge is -2.20. The molecule has 228 valence electrons. The van der Waals surface area contributed by atoms with Crippen LogP contribution in [0.15, 0.2) is 76.1 Å². The Hall–Kier alpha value is -5.23. The summed E-state index contributed by atoms with van der Waals surface area (Å²) in [6, 6.07) is 16.8. The number of aryl methyl sites for hydroxylation is 3. The molecule has 0 aliphatic carbocycles. The van der Waals surface area contributed by atoms with Gasteiger partial charge < -0.3 is 14.3 Å². The Balaban J connectivity index is 1.49. The van der Waals surface area contributed by atoms with E-state index in [1.807, 2.05) is 16.7 Å². The van der Waals surface area contributed by atoms with Crippen LogP contribution in [-0.4, -0.2) is 41.2 Å². The molecule has 45 heavy (non-hydrogen) atoms. The molecule has 5 heterocycles. The molecule has 1 amide bonds. The summed E-state index contributed by atoms with van der Waals surface area (Å²) in [5.74, 6) is -0.992. The number of benzene rings is 2. The Morgan fingerprint density at radius 1 is 1.09 bits per heavy atom. The van der Waals surface area contributed by atoms with Gasteiger partial charge in [-0.25, -0.2) is 17.8 Å². The Bertz CT molecular complexity index is 2370. The number of anilines is 1. The molecule has 0 spiro atoms. The number of carbonyl (C=O) groups excluding carboxylic acids is 1. The first-order valence-corrected chi connectivity index (χ1v) is 16.0. The van der Waals surface area contributed by atoms with Gasteiger partial charge in [0, 0.05) is 48.3 Å². The molecule has 7 rings (SSSR count). The van der Waals surface area contributed by atoms with Gasteiger partial charge in [-0.2, -0.15) is 0 Å². The minimum Gasteiger partial charge on any atom is -0.439 e. The van der Waals surface area contributed by atoms with Gasteiger partial charge in [0.1, 0.15) is 17.0 Å². The molecule has 0 atom stereocenters. The number of nitrogens with zero attached hydrogens (tertiary/aromatic N) is 3. The van der Waals surface area contributed by atoms with Crippen LogP contribution in [0.3, 0.4) is 0 Å². The molecule has 0 saturated carbocycles. The molecule has 0 unspecified atom stereocenters. The lowest BCUT2D eigenvalue weighted by molar-refractivity contribution is 0.0963. The van der Waals surface area contributed by atoms with E-state index >= 15 is 0 Å². The van der Waals surface area contributed by atoms with E-state index in [2.05, 4.69) is 10.0 Å². The van der Waals surface area contributed by atoms with Crippen LogP contribution in [0.4, 0.5) is 10.1 Å². The number of nitrogens with one attached hydrogen (secondary N) is 2. The highest BCUT2D eigenvalue weighted by Crippen LogP contribution is 2.40. The molecule has 10 nitrogen and oxygen atoms in total. The largest absolute Gasteiger partial charge is 0.439 e. The monoisotopic (exact) mass is 625 g/mol. The number of hydrogen-bond acceptors (Lipinski definition) is 6. The SMILES string of the molecule is CCS(=O)(=O)Nc1cc2oc(-n3ccc(C)cc3=O)c(C(=O)NC)c2cc1-c1ccc2c(n1)-c1cc3c(F)cccc3n1CC2. The summed E-state index contributed by atoms with van der Waals surface area (Å²) >= 11 is 0. The van der Waals surface area contributed by atoms with Crippen LogP contribution in [0.1, 0.15) is 28.4 Å². The topological polar surface area (TPSA) is 128 Å². The molecule has 6 aromatic rings. The zero-order valence-electron chi connectivity index (χ0n) is 24.6. The Kier molecular flexibility index (Phi) is 6.62. The quantitative estimate of drug-likeness (QED) is 0.255. The highest BCUT2D eigenvalue weighted by atomic mass is 32.2. The smallest absolute Gasteiger partial charge is 0.257 e. The summed E-state index contributed by atoms with van der Waals surface area (Å²) in [5, 5.41) is 3.48. The van der Waals surface area contributed by atoms with Gasteiger partial charge in [-0.05, 0) is 67.8 Å². The second kappa shape index (κ2) is 10.4. The number of rotatable bonds is 6. The van der Waals surface area contributed by atoms with Gasteiger partial charge in [0.05, 0.1) is 34.0 Å². The number of fused-ring (bicyclic) bond motifs is 6. The molecule has 0 radical (unpaired) electrons. The standard InChI is InChI=1S/C33H28FN5O5S/c1-4-45(42,43)37-25-17-28-22(30(32(41)35-3)33(44-28)39-12-10-18(2)14-29(39)40)15-21(25)24-9-8-19-11-13-38-26-7-5-6-23(34)20(26)16-27(38)31(19)36-24/h5-10,12,14-17,37H,4,11,13H2,1-3H3,(H,35,41). The number of halogens is 1. The maximum absolute atomic E-state index is 14.7. The molecule has 1 aliphatic heterocycles. The number of sulfonamides is 1. The lowest BCUT2D eigenvalue weighted by atomic mass is 9.99. The van der Waals surface area contributed by atoms with E-state index in [1.165, 1.54) is 42.9 Å². The van der Waals surface area contributed by atoms with Crippen molar-refractivity contribution in [3.63, 3.8) is 0 Å². The minimum atomic E-state index is -3.75. The average molecular weight is 626 g/mol. The van der Waals surface area contributed by atoms with Gasteiger partial charge in [-0.3, -0.25) is 18.9 Å². The van der Waals surface area contributed by atoms with E-state index in [-0.39, 0.29) is 34.3 Å². The van der Waals surface area contributed by atoms with E-state index < -0.39 is 21.5 Å². The number of aromatic nitrogens is 3. The summed E-state index contributed by atoms with van der Waals surface area (Å²) < 4.78 is 52.4. The first-order chi connectivity index (χ1) is 21.6. The van der Waals surface area contributed by atoms with Crippen molar-refractivity contribution in [3.8, 4) is 28.5 Å². The van der Waals surface area contributed by atoms with Crippen LogP contribution >= 0.6 is 0 Å². The fraction of sp³-hybridized carbons (Fsp3) is 0.182. The molecular weight excluding hydrogens is 597 g/mol. The summed E-state index contributed by atoms with van der Waals surface area (Å²) in [6.45, 7) is 3.97. The van der Waals surface area contributed by atoms with E-state index in [1.54, 1.807) is 37.3 Å². The highest BCUT2D eigenvalue weighted by molar-refractivity contribution is 7.92. The number of pyridine rings is 2. The zero-order chi connectivity index (χ0) is 31.6. The third-order valence-corrected chi connectivity index (χ3v) is 9.49. The molecule has 2 aromatic carbocycles. The van der Waals surface area contributed by atoms with E-state index in [0.717, 1.165) is 22.3 Å². The third kappa shape index (κ3) is 4.69. The molecule has 1 aliphatic rings. The second-order valence-electron chi connectivity index (χ2n) is 11.0. The molecular formula is C33H28FN5O5S. The van der Waals surface area contributed by atoms with Crippen molar-refractivity contribution < 1.29 is 22.0 Å². The first kappa shape index (κ1) is 28.5. The van der Waals surface area contributed by atoms with E-state index in [0.29, 0.717) is 40.7 Å². The molecule has 0 bridgehead atoms. The zero-order valence-corrected chi connectivity index (χ0v) is 25.5. The maximum Gasteiger partial charge on any atom is 0.257 e. The third-order valence-electron chi connectivity index (χ3n) is 8.20. The Labute approximate surface area is 257 Å². The number of furan rings is 1. The molecule has 0 fully saturated rings. The van der Waals surface area contributed by atoms with Crippen LogP contribution in [0.5, 0.6) is 0 Å². The van der Waals surface area contributed by atoms with E-state index in [9.17, 15) is 22.4 Å². The van der Waals surface area contributed by atoms with Gasteiger partial charge in [0.25, 0.3) is 11.5 Å². The van der Waals surface area contributed by atoms with Crippen molar-refractivity contribution in [1.82, 2.24) is 19.4 Å². The molecule has 4 aromatic heterocycles. The molecule has 0 saturated heterocycles. The van der Waals surface area contributed by atoms with Crippen molar-refractivity contribution in [3.05, 3.63) is 99.7 Å². The van der Waals surface area contributed by atoms with Crippen molar-refractivity contribution in [1.29, 1.82) is 0 Å². The van der Waals surface area contributed by atoms with Gasteiger partial charge in [-0.15, -0.1) is 0 Å². The maximum atomic E-state index is 14.7. The number of amides is 1. The normalized spacial score (nSPS) is 12.7. The fourth-order valence-corrected chi connectivity index (χ4v) is 6.55. The first-order valence-electron chi connectivity index (χ1n) is 14.4. The summed E-state index contributed by atoms with van der Waals surface area (Å²) in [5.41, 5.74) is 4.84. The average Bonchev–Trinajstić information content (AvgIpc) is 3.59. The van der Waals surface area contributed by atoms with Crippen molar-refractivity contribution in [2.45, 2.75) is 26.8 Å². The predicted molar refractivity (Wildman–Crippen MR) is 171 cm³/mol. The van der Waals surface area contributed by atoms with Crippen LogP contribution in [0.25, 0.3) is 50.4 Å². The van der Waals surface area contributed by atoms with Crippen LogP contribution in [0.2, 0.25) is 0 Å². The predicted octanol–water partition coefficient (Wildman–Crippen LogP) is 5.39.